The van der Waals surface area contributed by atoms with Gasteiger partial charge in [0.1, 0.15) is 4.60 Å². The van der Waals surface area contributed by atoms with Gasteiger partial charge in [-0.2, -0.15) is 0 Å². The molecule has 2 rings (SSSR count). The SMILES string of the molecule is Cc1nc(C(C)Nc2cccnc2Br)c(C)s1. The lowest BCUT2D eigenvalue weighted by Crippen LogP contribution is -2.09. The number of hydrogen-bond acceptors (Lipinski definition) is 4. The Hall–Kier alpha value is -0.940. The summed E-state index contributed by atoms with van der Waals surface area (Å²) in [7, 11) is 0. The van der Waals surface area contributed by atoms with E-state index in [1.54, 1.807) is 17.5 Å². The average Bonchev–Trinajstić information content (AvgIpc) is 2.61. The van der Waals surface area contributed by atoms with Gasteiger partial charge in [0.25, 0.3) is 0 Å². The molecule has 3 nitrogen and oxygen atoms in total. The van der Waals surface area contributed by atoms with Gasteiger partial charge in [-0.1, -0.05) is 0 Å². The fourth-order valence-corrected chi connectivity index (χ4v) is 3.02. The molecule has 0 aliphatic rings. The van der Waals surface area contributed by atoms with E-state index < -0.39 is 0 Å². The predicted octanol–water partition coefficient (Wildman–Crippen LogP) is 4.09. The van der Waals surface area contributed by atoms with Crippen LogP contribution >= 0.6 is 27.3 Å². The van der Waals surface area contributed by atoms with Crippen LogP contribution in [0.1, 0.15) is 28.5 Å². The summed E-state index contributed by atoms with van der Waals surface area (Å²) in [4.78, 5) is 10.0. The van der Waals surface area contributed by atoms with Crippen molar-refractivity contribution in [2.45, 2.75) is 26.8 Å². The number of nitrogens with zero attached hydrogens (tertiary/aromatic N) is 2. The first-order valence-electron chi connectivity index (χ1n) is 5.39. The molecule has 0 amide bonds. The lowest BCUT2D eigenvalue weighted by molar-refractivity contribution is 0.834. The first-order valence-corrected chi connectivity index (χ1v) is 7.00. The number of hydrogen-bond donors (Lipinski definition) is 1. The Kier molecular flexibility index (Phi) is 3.79. The fraction of sp³-hybridized carbons (Fsp3) is 0.333. The van der Waals surface area contributed by atoms with Gasteiger partial charge in [-0.25, -0.2) is 9.97 Å². The summed E-state index contributed by atoms with van der Waals surface area (Å²) in [5.74, 6) is 0. The van der Waals surface area contributed by atoms with Crippen molar-refractivity contribution in [1.29, 1.82) is 0 Å². The van der Waals surface area contributed by atoms with Gasteiger partial charge in [-0.3, -0.25) is 0 Å². The molecule has 90 valence electrons. The van der Waals surface area contributed by atoms with Gasteiger partial charge in [0, 0.05) is 11.1 Å². The zero-order chi connectivity index (χ0) is 12.4. The number of rotatable bonds is 3. The van der Waals surface area contributed by atoms with Crippen molar-refractivity contribution in [2.24, 2.45) is 0 Å². The van der Waals surface area contributed by atoms with Gasteiger partial charge in [0.05, 0.1) is 22.4 Å². The van der Waals surface area contributed by atoms with Crippen molar-refractivity contribution in [2.75, 3.05) is 5.32 Å². The van der Waals surface area contributed by atoms with E-state index in [1.807, 2.05) is 19.1 Å². The molecule has 2 heterocycles. The second-order valence-electron chi connectivity index (χ2n) is 3.88. The Labute approximate surface area is 113 Å². The highest BCUT2D eigenvalue weighted by molar-refractivity contribution is 9.10. The second-order valence-corrected chi connectivity index (χ2v) is 6.04. The van der Waals surface area contributed by atoms with Gasteiger partial charge in [0.15, 0.2) is 0 Å². The lowest BCUT2D eigenvalue weighted by Gasteiger charge is -2.14. The van der Waals surface area contributed by atoms with Crippen LogP contribution in [0.15, 0.2) is 22.9 Å². The maximum atomic E-state index is 4.56. The number of thiazole rings is 1. The highest BCUT2D eigenvalue weighted by Crippen LogP contribution is 2.27. The van der Waals surface area contributed by atoms with Crippen LogP contribution in [-0.4, -0.2) is 9.97 Å². The van der Waals surface area contributed by atoms with Crippen molar-refractivity contribution >= 4 is 33.0 Å². The number of pyridine rings is 1. The quantitative estimate of drug-likeness (QED) is 0.868. The molecule has 1 N–H and O–H groups in total. The first-order chi connectivity index (χ1) is 8.08. The highest BCUT2D eigenvalue weighted by Gasteiger charge is 2.13. The maximum Gasteiger partial charge on any atom is 0.129 e. The van der Waals surface area contributed by atoms with E-state index in [9.17, 15) is 0 Å². The molecule has 0 radical (unpaired) electrons. The minimum atomic E-state index is 0.181. The van der Waals surface area contributed by atoms with Crippen molar-refractivity contribution in [3.63, 3.8) is 0 Å². The molecule has 0 saturated heterocycles. The Morgan fingerprint density at radius 1 is 1.41 bits per heavy atom. The maximum absolute atomic E-state index is 4.56. The Morgan fingerprint density at radius 3 is 2.76 bits per heavy atom. The molecule has 0 spiro atoms. The molecule has 17 heavy (non-hydrogen) atoms. The Balaban J connectivity index is 2.20. The van der Waals surface area contributed by atoms with Crippen molar-refractivity contribution in [3.8, 4) is 0 Å². The predicted molar refractivity (Wildman–Crippen MR) is 75.6 cm³/mol. The third kappa shape index (κ3) is 2.84. The number of aromatic nitrogens is 2. The van der Waals surface area contributed by atoms with Gasteiger partial charge in [0.2, 0.25) is 0 Å². The summed E-state index contributed by atoms with van der Waals surface area (Å²) in [5.41, 5.74) is 2.10. The van der Waals surface area contributed by atoms with Crippen LogP contribution in [0, 0.1) is 13.8 Å². The van der Waals surface area contributed by atoms with Crippen LogP contribution in [-0.2, 0) is 0 Å². The van der Waals surface area contributed by atoms with E-state index >= 15 is 0 Å². The van der Waals surface area contributed by atoms with E-state index in [0.717, 1.165) is 21.0 Å². The minimum absolute atomic E-state index is 0.181. The summed E-state index contributed by atoms with van der Waals surface area (Å²) >= 11 is 5.16. The van der Waals surface area contributed by atoms with Crippen LogP contribution in [0.5, 0.6) is 0 Å². The zero-order valence-corrected chi connectivity index (χ0v) is 12.4. The second kappa shape index (κ2) is 5.14. The molecule has 5 heteroatoms. The smallest absolute Gasteiger partial charge is 0.129 e. The van der Waals surface area contributed by atoms with Gasteiger partial charge in [-0.05, 0) is 48.8 Å². The third-order valence-electron chi connectivity index (χ3n) is 2.48. The first kappa shape index (κ1) is 12.5. The largest absolute Gasteiger partial charge is 0.375 e. The molecule has 2 aromatic rings. The third-order valence-corrected chi connectivity index (χ3v) is 4.01. The molecule has 0 aromatic carbocycles. The van der Waals surface area contributed by atoms with Crippen molar-refractivity contribution < 1.29 is 0 Å². The summed E-state index contributed by atoms with van der Waals surface area (Å²) in [6.45, 7) is 6.26. The molecule has 0 saturated carbocycles. The number of aryl methyl sites for hydroxylation is 2. The van der Waals surface area contributed by atoms with Crippen LogP contribution in [0.25, 0.3) is 0 Å². The topological polar surface area (TPSA) is 37.8 Å². The van der Waals surface area contributed by atoms with E-state index in [0.29, 0.717) is 0 Å². The van der Waals surface area contributed by atoms with E-state index in [-0.39, 0.29) is 6.04 Å². The molecule has 0 fully saturated rings. The summed E-state index contributed by atoms with van der Waals surface area (Å²) < 4.78 is 0.830. The molecule has 0 bridgehead atoms. The van der Waals surface area contributed by atoms with Crippen molar-refractivity contribution in [1.82, 2.24) is 9.97 Å². The fourth-order valence-electron chi connectivity index (χ4n) is 1.74. The number of halogens is 1. The van der Waals surface area contributed by atoms with Gasteiger partial charge >= 0.3 is 0 Å². The van der Waals surface area contributed by atoms with Gasteiger partial charge < -0.3 is 5.32 Å². The van der Waals surface area contributed by atoms with Crippen molar-refractivity contribution in [3.05, 3.63) is 38.5 Å². The molecule has 0 aliphatic carbocycles. The Bertz CT molecular complexity index is 524. The Morgan fingerprint density at radius 2 is 2.18 bits per heavy atom. The van der Waals surface area contributed by atoms with E-state index in [2.05, 4.69) is 45.1 Å². The lowest BCUT2D eigenvalue weighted by atomic mass is 10.2. The number of nitrogens with one attached hydrogen (secondary N) is 1. The summed E-state index contributed by atoms with van der Waals surface area (Å²) in [6.07, 6.45) is 1.76. The molecule has 1 atom stereocenters. The molecular weight excluding hydrogens is 298 g/mol. The summed E-state index contributed by atoms with van der Waals surface area (Å²) in [5, 5.41) is 4.52. The van der Waals surface area contributed by atoms with E-state index in [4.69, 9.17) is 0 Å². The molecule has 1 unspecified atom stereocenters. The normalized spacial score (nSPS) is 12.5. The molecule has 0 aliphatic heterocycles. The molecular formula is C12H14BrN3S. The van der Waals surface area contributed by atoms with Crippen LogP contribution in [0.4, 0.5) is 5.69 Å². The van der Waals surface area contributed by atoms with Gasteiger partial charge in [-0.15, -0.1) is 11.3 Å². The standard InChI is InChI=1S/C12H14BrN3S/c1-7(11-8(2)17-9(3)16-11)15-10-5-4-6-14-12(10)13/h4-7,15H,1-3H3. The van der Waals surface area contributed by atoms with Crippen LogP contribution in [0.3, 0.4) is 0 Å². The minimum Gasteiger partial charge on any atom is -0.375 e. The number of anilines is 1. The zero-order valence-electron chi connectivity index (χ0n) is 9.99. The van der Waals surface area contributed by atoms with Crippen LogP contribution < -0.4 is 5.32 Å². The highest BCUT2D eigenvalue weighted by atomic mass is 79.9. The van der Waals surface area contributed by atoms with Crippen LogP contribution in [0.2, 0.25) is 0 Å². The average molecular weight is 312 g/mol. The van der Waals surface area contributed by atoms with E-state index in [1.165, 1.54) is 4.88 Å². The molecule has 2 aromatic heterocycles. The summed E-state index contributed by atoms with van der Waals surface area (Å²) in [6, 6.07) is 4.10. The monoisotopic (exact) mass is 311 g/mol.